The summed E-state index contributed by atoms with van der Waals surface area (Å²) in [6.07, 6.45) is 0.729. The van der Waals surface area contributed by atoms with Gasteiger partial charge in [-0.2, -0.15) is 0 Å². The van der Waals surface area contributed by atoms with Gasteiger partial charge in [0.1, 0.15) is 0 Å². The highest BCUT2D eigenvalue weighted by Crippen LogP contribution is 2.23. The lowest BCUT2D eigenvalue weighted by atomic mass is 10.2. The third-order valence-corrected chi connectivity index (χ3v) is 3.41. The Morgan fingerprint density at radius 1 is 1.39 bits per heavy atom. The number of nitrogens with zero attached hydrogens (tertiary/aromatic N) is 1. The molecule has 100 valence electrons. The zero-order valence-electron chi connectivity index (χ0n) is 9.33. The first kappa shape index (κ1) is 15.3. The van der Waals surface area contributed by atoms with Crippen LogP contribution >= 0.6 is 28.3 Å². The van der Waals surface area contributed by atoms with Gasteiger partial charge in [0.25, 0.3) is 5.91 Å². The standard InChI is InChI=1S/C11H11BrF2N2O.ClH/c12-8-4-10(14)9(13)3-7(8)11(17)16-2-1-6(15)5-16;/h3-4,6H,1-2,5,15H2;1H. The fourth-order valence-electron chi connectivity index (χ4n) is 1.83. The summed E-state index contributed by atoms with van der Waals surface area (Å²) in [6.45, 7) is 0.996. The SMILES string of the molecule is Cl.NC1CCN(C(=O)c2cc(F)c(F)cc2Br)C1. The lowest BCUT2D eigenvalue weighted by Gasteiger charge is -2.16. The minimum absolute atomic E-state index is 0. The second-order valence-electron chi connectivity index (χ2n) is 4.05. The van der Waals surface area contributed by atoms with Gasteiger partial charge < -0.3 is 10.6 Å². The van der Waals surface area contributed by atoms with Gasteiger partial charge in [-0.25, -0.2) is 8.78 Å². The van der Waals surface area contributed by atoms with Gasteiger partial charge in [0, 0.05) is 23.6 Å². The van der Waals surface area contributed by atoms with E-state index in [4.69, 9.17) is 5.73 Å². The smallest absolute Gasteiger partial charge is 0.255 e. The second kappa shape index (κ2) is 5.95. The van der Waals surface area contributed by atoms with Crippen LogP contribution < -0.4 is 5.73 Å². The molecule has 2 N–H and O–H groups in total. The van der Waals surface area contributed by atoms with Crippen LogP contribution in [0.5, 0.6) is 0 Å². The molecule has 0 aliphatic carbocycles. The Morgan fingerprint density at radius 3 is 2.56 bits per heavy atom. The van der Waals surface area contributed by atoms with Gasteiger partial charge in [0.2, 0.25) is 0 Å². The molecule has 0 spiro atoms. The molecule has 18 heavy (non-hydrogen) atoms. The number of hydrogen-bond acceptors (Lipinski definition) is 2. The molecule has 1 aliphatic heterocycles. The molecule has 0 aromatic heterocycles. The van der Waals surface area contributed by atoms with Gasteiger partial charge >= 0.3 is 0 Å². The number of halogens is 4. The minimum Gasteiger partial charge on any atom is -0.337 e. The van der Waals surface area contributed by atoms with Crippen molar-refractivity contribution in [1.29, 1.82) is 0 Å². The summed E-state index contributed by atoms with van der Waals surface area (Å²) in [5.41, 5.74) is 5.82. The molecule has 0 radical (unpaired) electrons. The highest BCUT2D eigenvalue weighted by molar-refractivity contribution is 9.10. The van der Waals surface area contributed by atoms with Gasteiger partial charge in [-0.1, -0.05) is 0 Å². The fourth-order valence-corrected chi connectivity index (χ4v) is 2.31. The third kappa shape index (κ3) is 2.99. The van der Waals surface area contributed by atoms with Crippen molar-refractivity contribution in [3.8, 4) is 0 Å². The van der Waals surface area contributed by atoms with Gasteiger partial charge in [-0.05, 0) is 34.5 Å². The van der Waals surface area contributed by atoms with E-state index in [0.717, 1.165) is 18.6 Å². The molecule has 0 bridgehead atoms. The van der Waals surface area contributed by atoms with E-state index in [2.05, 4.69) is 15.9 Å². The van der Waals surface area contributed by atoms with Gasteiger partial charge in [-0.3, -0.25) is 4.79 Å². The van der Waals surface area contributed by atoms with Gasteiger partial charge in [0.05, 0.1) is 5.56 Å². The largest absolute Gasteiger partial charge is 0.337 e. The Bertz CT molecular complexity index is 473. The monoisotopic (exact) mass is 340 g/mol. The Morgan fingerprint density at radius 2 is 2.00 bits per heavy atom. The summed E-state index contributed by atoms with van der Waals surface area (Å²) in [7, 11) is 0. The number of amides is 1. The summed E-state index contributed by atoms with van der Waals surface area (Å²) in [4.78, 5) is 13.6. The Labute approximate surface area is 118 Å². The van der Waals surface area contributed by atoms with E-state index < -0.39 is 11.6 Å². The molecule has 1 heterocycles. The maximum Gasteiger partial charge on any atom is 0.255 e. The number of carbonyl (C=O) groups excluding carboxylic acids is 1. The minimum atomic E-state index is -1.03. The molecule has 2 rings (SSSR count). The summed E-state index contributed by atoms with van der Waals surface area (Å²) in [6, 6.07) is 1.83. The number of benzene rings is 1. The van der Waals surface area contributed by atoms with Crippen LogP contribution in [0, 0.1) is 11.6 Å². The summed E-state index contributed by atoms with van der Waals surface area (Å²) in [5.74, 6) is -2.34. The lowest BCUT2D eigenvalue weighted by molar-refractivity contribution is 0.0789. The van der Waals surface area contributed by atoms with Gasteiger partial charge in [0.15, 0.2) is 11.6 Å². The van der Waals surface area contributed by atoms with E-state index in [0.29, 0.717) is 13.1 Å². The highest BCUT2D eigenvalue weighted by Gasteiger charge is 2.26. The van der Waals surface area contributed by atoms with Crippen LogP contribution in [0.25, 0.3) is 0 Å². The zero-order chi connectivity index (χ0) is 12.6. The first-order valence-electron chi connectivity index (χ1n) is 5.18. The van der Waals surface area contributed by atoms with Gasteiger partial charge in [-0.15, -0.1) is 12.4 Å². The molecule has 3 nitrogen and oxygen atoms in total. The topological polar surface area (TPSA) is 46.3 Å². The Balaban J connectivity index is 0.00000162. The maximum absolute atomic E-state index is 13.1. The quantitative estimate of drug-likeness (QED) is 0.797. The van der Waals surface area contributed by atoms with E-state index in [1.54, 1.807) is 4.90 Å². The summed E-state index contributed by atoms with van der Waals surface area (Å²) < 4.78 is 26.3. The van der Waals surface area contributed by atoms with E-state index in [-0.39, 0.29) is 34.4 Å². The van der Waals surface area contributed by atoms with Crippen molar-refractivity contribution in [2.24, 2.45) is 5.73 Å². The van der Waals surface area contributed by atoms with Crippen molar-refractivity contribution >= 4 is 34.2 Å². The number of carbonyl (C=O) groups is 1. The van der Waals surface area contributed by atoms with Crippen molar-refractivity contribution < 1.29 is 13.6 Å². The van der Waals surface area contributed by atoms with Crippen molar-refractivity contribution in [3.05, 3.63) is 33.8 Å². The van der Waals surface area contributed by atoms with E-state index in [1.807, 2.05) is 0 Å². The number of likely N-dealkylation sites (tertiary alicyclic amines) is 1. The van der Waals surface area contributed by atoms with E-state index >= 15 is 0 Å². The van der Waals surface area contributed by atoms with Crippen molar-refractivity contribution in [2.75, 3.05) is 13.1 Å². The summed E-state index contributed by atoms with van der Waals surface area (Å²) in [5, 5.41) is 0. The summed E-state index contributed by atoms with van der Waals surface area (Å²) >= 11 is 3.06. The molecule has 1 aromatic rings. The molecule has 1 amide bonds. The first-order chi connectivity index (χ1) is 7.99. The highest BCUT2D eigenvalue weighted by atomic mass is 79.9. The molecule has 1 aliphatic rings. The molecule has 1 saturated heterocycles. The van der Waals surface area contributed by atoms with Crippen LogP contribution in [0.3, 0.4) is 0 Å². The van der Waals surface area contributed by atoms with Crippen LogP contribution in [0.15, 0.2) is 16.6 Å². The van der Waals surface area contributed by atoms with Crippen LogP contribution in [0.2, 0.25) is 0 Å². The molecule has 0 saturated carbocycles. The van der Waals surface area contributed by atoms with Crippen molar-refractivity contribution in [1.82, 2.24) is 4.90 Å². The average molecular weight is 342 g/mol. The van der Waals surface area contributed by atoms with Crippen LogP contribution in [-0.4, -0.2) is 29.9 Å². The molecule has 1 atom stereocenters. The maximum atomic E-state index is 13.1. The zero-order valence-corrected chi connectivity index (χ0v) is 11.7. The Kier molecular flexibility index (Phi) is 5.07. The average Bonchev–Trinajstić information content (AvgIpc) is 2.69. The molecule has 7 heteroatoms. The third-order valence-electron chi connectivity index (χ3n) is 2.75. The lowest BCUT2D eigenvalue weighted by Crippen LogP contribution is -2.32. The predicted molar refractivity (Wildman–Crippen MR) is 69.8 cm³/mol. The Hall–Kier alpha value is -0.720. The van der Waals surface area contributed by atoms with E-state index in [9.17, 15) is 13.6 Å². The number of rotatable bonds is 1. The number of hydrogen-bond donors (Lipinski definition) is 1. The molecule has 1 unspecified atom stereocenters. The fraction of sp³-hybridized carbons (Fsp3) is 0.364. The molecular formula is C11H12BrClF2N2O. The van der Waals surface area contributed by atoms with Crippen LogP contribution in [-0.2, 0) is 0 Å². The van der Waals surface area contributed by atoms with Crippen LogP contribution in [0.4, 0.5) is 8.78 Å². The van der Waals surface area contributed by atoms with Crippen LogP contribution in [0.1, 0.15) is 16.8 Å². The van der Waals surface area contributed by atoms with Crippen molar-refractivity contribution in [2.45, 2.75) is 12.5 Å². The second-order valence-corrected chi connectivity index (χ2v) is 4.90. The van der Waals surface area contributed by atoms with Crippen molar-refractivity contribution in [3.63, 3.8) is 0 Å². The molecule has 1 fully saturated rings. The van der Waals surface area contributed by atoms with E-state index in [1.165, 1.54) is 0 Å². The molecule has 1 aromatic carbocycles. The first-order valence-corrected chi connectivity index (χ1v) is 5.97. The predicted octanol–water partition coefficient (Wildman–Crippen LogP) is 2.32. The number of nitrogens with two attached hydrogens (primary N) is 1. The normalized spacial score (nSPS) is 18.7. The molecular weight excluding hydrogens is 329 g/mol.